The van der Waals surface area contributed by atoms with Crippen molar-refractivity contribution in [1.82, 2.24) is 5.43 Å². The molecule has 0 heterocycles. The molecule has 4 heteroatoms. The van der Waals surface area contributed by atoms with Gasteiger partial charge in [-0.25, -0.2) is 4.79 Å². The van der Waals surface area contributed by atoms with Crippen LogP contribution >= 0.6 is 0 Å². The van der Waals surface area contributed by atoms with Crippen LogP contribution in [-0.2, 0) is 0 Å². The summed E-state index contributed by atoms with van der Waals surface area (Å²) >= 11 is 0. The molecule has 0 aliphatic carbocycles. The van der Waals surface area contributed by atoms with Crippen molar-refractivity contribution < 1.29 is 4.79 Å². The van der Waals surface area contributed by atoms with Crippen molar-refractivity contribution in [3.63, 3.8) is 0 Å². The first-order chi connectivity index (χ1) is 6.50. The number of hydrogen-bond acceptors (Lipinski definition) is 2. The van der Waals surface area contributed by atoms with E-state index in [9.17, 15) is 4.79 Å². The topological polar surface area (TPSA) is 67.2 Å². The maximum atomic E-state index is 10.5. The molecule has 4 nitrogen and oxygen atoms in total. The Hall–Kier alpha value is -1.71. The number of rotatable bonds is 2. The fraction of sp³-hybridized carbons (Fsp3) is 0.300. The lowest BCUT2D eigenvalue weighted by molar-refractivity contribution is 0.250. The van der Waals surface area contributed by atoms with Crippen molar-refractivity contribution in [2.45, 2.75) is 20.8 Å². The van der Waals surface area contributed by atoms with Crippen molar-refractivity contribution in [1.29, 1.82) is 0 Å². The molecule has 0 saturated heterocycles. The molecule has 76 valence electrons. The van der Waals surface area contributed by atoms with E-state index in [0.29, 0.717) is 0 Å². The molecule has 1 aromatic rings. The monoisotopic (exact) mass is 193 g/mol. The zero-order valence-corrected chi connectivity index (χ0v) is 8.64. The van der Waals surface area contributed by atoms with E-state index in [-0.39, 0.29) is 0 Å². The molecule has 0 aromatic heterocycles. The van der Waals surface area contributed by atoms with Crippen molar-refractivity contribution in [2.75, 3.05) is 5.43 Å². The number of carbonyl (C=O) groups excluding carboxylic acids is 1. The van der Waals surface area contributed by atoms with Gasteiger partial charge >= 0.3 is 6.03 Å². The van der Waals surface area contributed by atoms with Gasteiger partial charge in [-0.1, -0.05) is 17.7 Å². The Morgan fingerprint density at radius 2 is 1.71 bits per heavy atom. The van der Waals surface area contributed by atoms with E-state index < -0.39 is 6.03 Å². The first-order valence-corrected chi connectivity index (χ1v) is 4.40. The fourth-order valence-corrected chi connectivity index (χ4v) is 1.50. The number of primary amides is 1. The van der Waals surface area contributed by atoms with E-state index in [0.717, 1.165) is 16.8 Å². The number of benzene rings is 1. The van der Waals surface area contributed by atoms with E-state index >= 15 is 0 Å². The summed E-state index contributed by atoms with van der Waals surface area (Å²) in [4.78, 5) is 10.5. The maximum Gasteiger partial charge on any atom is 0.330 e. The van der Waals surface area contributed by atoms with Crippen LogP contribution in [-0.4, -0.2) is 6.03 Å². The van der Waals surface area contributed by atoms with E-state index in [1.165, 1.54) is 5.56 Å². The second-order valence-corrected chi connectivity index (χ2v) is 3.39. The van der Waals surface area contributed by atoms with Gasteiger partial charge in [0.05, 0.1) is 5.69 Å². The Morgan fingerprint density at radius 1 is 1.21 bits per heavy atom. The normalized spacial score (nSPS) is 9.64. The van der Waals surface area contributed by atoms with E-state index in [1.54, 1.807) is 0 Å². The summed E-state index contributed by atoms with van der Waals surface area (Å²) in [7, 11) is 0. The minimum absolute atomic E-state index is 0.593. The average molecular weight is 193 g/mol. The number of hydrogen-bond donors (Lipinski definition) is 3. The maximum absolute atomic E-state index is 10.5. The molecule has 1 rings (SSSR count). The van der Waals surface area contributed by atoms with Crippen LogP contribution in [0.2, 0.25) is 0 Å². The molecule has 4 N–H and O–H groups in total. The van der Waals surface area contributed by atoms with Gasteiger partial charge in [-0.2, -0.15) is 0 Å². The first-order valence-electron chi connectivity index (χ1n) is 4.40. The third-order valence-corrected chi connectivity index (χ3v) is 1.99. The standard InChI is InChI=1S/C10H15N3O/c1-6-4-7(2)9(8(3)5-6)12-13-10(11)14/h4-5,12H,1-3H3,(H3,11,13,14). The van der Waals surface area contributed by atoms with E-state index in [1.807, 2.05) is 32.9 Å². The number of amides is 2. The molecule has 0 fully saturated rings. The Morgan fingerprint density at radius 3 is 2.14 bits per heavy atom. The number of aryl methyl sites for hydroxylation is 3. The summed E-state index contributed by atoms with van der Waals surface area (Å²) in [5.74, 6) is 0. The highest BCUT2D eigenvalue weighted by Crippen LogP contribution is 2.20. The number of nitrogens with one attached hydrogen (secondary N) is 2. The van der Waals surface area contributed by atoms with Crippen LogP contribution in [0.3, 0.4) is 0 Å². The Bertz CT molecular complexity index is 337. The van der Waals surface area contributed by atoms with Crippen LogP contribution < -0.4 is 16.6 Å². The van der Waals surface area contributed by atoms with E-state index in [4.69, 9.17) is 5.73 Å². The van der Waals surface area contributed by atoms with Crippen LogP contribution in [0.4, 0.5) is 10.5 Å². The van der Waals surface area contributed by atoms with Gasteiger partial charge in [0.1, 0.15) is 0 Å². The van der Waals surface area contributed by atoms with Crippen molar-refractivity contribution in [3.05, 3.63) is 28.8 Å². The highest BCUT2D eigenvalue weighted by molar-refractivity contribution is 5.74. The smallest absolute Gasteiger partial charge is 0.330 e. The summed E-state index contributed by atoms with van der Waals surface area (Å²) in [6.07, 6.45) is 0. The van der Waals surface area contributed by atoms with Gasteiger partial charge in [-0.05, 0) is 31.9 Å². The fourth-order valence-electron chi connectivity index (χ4n) is 1.50. The minimum atomic E-state index is -0.593. The number of hydrazine groups is 1. The van der Waals surface area contributed by atoms with Crippen molar-refractivity contribution in [2.24, 2.45) is 5.73 Å². The highest BCUT2D eigenvalue weighted by Gasteiger charge is 2.03. The molecule has 0 aliphatic rings. The lowest BCUT2D eigenvalue weighted by Crippen LogP contribution is -2.34. The Labute approximate surface area is 83.5 Å². The molecule has 0 unspecified atom stereocenters. The second-order valence-electron chi connectivity index (χ2n) is 3.39. The van der Waals surface area contributed by atoms with Crippen LogP contribution in [0.5, 0.6) is 0 Å². The quantitative estimate of drug-likeness (QED) is 0.624. The molecule has 0 saturated carbocycles. The van der Waals surface area contributed by atoms with Crippen LogP contribution in [0.25, 0.3) is 0 Å². The van der Waals surface area contributed by atoms with Gasteiger partial charge in [-0.3, -0.25) is 10.9 Å². The summed E-state index contributed by atoms with van der Waals surface area (Å²) in [6.45, 7) is 5.99. The largest absolute Gasteiger partial charge is 0.350 e. The zero-order valence-electron chi connectivity index (χ0n) is 8.64. The summed E-state index contributed by atoms with van der Waals surface area (Å²) < 4.78 is 0. The third-order valence-electron chi connectivity index (χ3n) is 1.99. The second kappa shape index (κ2) is 4.00. The van der Waals surface area contributed by atoms with Gasteiger partial charge in [0.25, 0.3) is 0 Å². The van der Waals surface area contributed by atoms with Crippen molar-refractivity contribution >= 4 is 11.7 Å². The van der Waals surface area contributed by atoms with Crippen molar-refractivity contribution in [3.8, 4) is 0 Å². The molecular weight excluding hydrogens is 178 g/mol. The predicted molar refractivity (Wildman–Crippen MR) is 57.0 cm³/mol. The molecule has 2 amide bonds. The molecule has 0 atom stereocenters. The molecule has 14 heavy (non-hydrogen) atoms. The lowest BCUT2D eigenvalue weighted by Gasteiger charge is -2.13. The van der Waals surface area contributed by atoms with Gasteiger partial charge in [0.15, 0.2) is 0 Å². The first kappa shape index (κ1) is 10.4. The Balaban J connectivity index is 2.91. The SMILES string of the molecule is Cc1cc(C)c(NNC(N)=O)c(C)c1. The summed E-state index contributed by atoms with van der Waals surface area (Å²) in [5, 5.41) is 0. The molecule has 1 aromatic carbocycles. The van der Waals surface area contributed by atoms with Crippen LogP contribution in [0, 0.1) is 20.8 Å². The Kier molecular flexibility index (Phi) is 2.96. The number of anilines is 1. The number of carbonyl (C=O) groups is 1. The van der Waals surface area contributed by atoms with Gasteiger partial charge < -0.3 is 5.73 Å². The number of urea groups is 1. The predicted octanol–water partition coefficient (Wildman–Crippen LogP) is 1.61. The molecule has 0 radical (unpaired) electrons. The molecule has 0 aliphatic heterocycles. The summed E-state index contributed by atoms with van der Waals surface area (Å²) in [5.41, 5.74) is 14.3. The van der Waals surface area contributed by atoms with Crippen LogP contribution in [0.1, 0.15) is 16.7 Å². The van der Waals surface area contributed by atoms with Gasteiger partial charge in [-0.15, -0.1) is 0 Å². The van der Waals surface area contributed by atoms with Gasteiger partial charge in [0.2, 0.25) is 0 Å². The summed E-state index contributed by atoms with van der Waals surface area (Å²) in [6, 6.07) is 3.49. The van der Waals surface area contributed by atoms with E-state index in [2.05, 4.69) is 10.9 Å². The highest BCUT2D eigenvalue weighted by atomic mass is 16.2. The lowest BCUT2D eigenvalue weighted by atomic mass is 10.1. The van der Waals surface area contributed by atoms with Crippen LogP contribution in [0.15, 0.2) is 12.1 Å². The molecule has 0 bridgehead atoms. The third kappa shape index (κ3) is 2.39. The van der Waals surface area contributed by atoms with Gasteiger partial charge in [0, 0.05) is 0 Å². The molecule has 0 spiro atoms. The number of nitrogens with two attached hydrogens (primary N) is 1. The average Bonchev–Trinajstić information content (AvgIpc) is 2.01. The minimum Gasteiger partial charge on any atom is -0.350 e. The molecular formula is C10H15N3O. The zero-order chi connectivity index (χ0) is 10.7.